The molecule has 0 spiro atoms. The van der Waals surface area contributed by atoms with Crippen LogP contribution in [0.3, 0.4) is 0 Å². The summed E-state index contributed by atoms with van der Waals surface area (Å²) in [6, 6.07) is 4.89. The number of benzene rings is 1. The van der Waals surface area contributed by atoms with Crippen molar-refractivity contribution in [3.05, 3.63) is 69.8 Å². The highest BCUT2D eigenvalue weighted by atomic mass is 19.4. The van der Waals surface area contributed by atoms with Gasteiger partial charge in [0.1, 0.15) is 0 Å². The molecule has 10 heteroatoms. The van der Waals surface area contributed by atoms with E-state index in [4.69, 9.17) is 9.47 Å². The summed E-state index contributed by atoms with van der Waals surface area (Å²) in [7, 11) is 1.11. The number of nitrogens with one attached hydrogen (secondary N) is 1. The van der Waals surface area contributed by atoms with Gasteiger partial charge < -0.3 is 14.5 Å². The largest absolute Gasteiger partial charge is 0.493 e. The molecular formula is C22H19F5N2O3. The average Bonchev–Trinajstić information content (AvgIpc) is 2.74. The molecule has 2 aromatic heterocycles. The van der Waals surface area contributed by atoms with Crippen molar-refractivity contribution in [3.8, 4) is 5.75 Å². The van der Waals surface area contributed by atoms with Crippen LogP contribution in [0.15, 0.2) is 41.5 Å². The highest BCUT2D eigenvalue weighted by Crippen LogP contribution is 2.51. The molecule has 32 heavy (non-hydrogen) atoms. The molecule has 1 N–H and O–H groups in total. The summed E-state index contributed by atoms with van der Waals surface area (Å²) < 4.78 is 79.9. The quantitative estimate of drug-likeness (QED) is 0.577. The van der Waals surface area contributed by atoms with Gasteiger partial charge in [0.25, 0.3) is 0 Å². The van der Waals surface area contributed by atoms with Crippen molar-refractivity contribution in [3.63, 3.8) is 0 Å². The zero-order valence-electron chi connectivity index (χ0n) is 17.1. The fraction of sp³-hybridized carbons (Fsp3) is 0.364. The van der Waals surface area contributed by atoms with Crippen molar-refractivity contribution in [1.82, 2.24) is 9.97 Å². The first-order valence-corrected chi connectivity index (χ1v) is 9.75. The van der Waals surface area contributed by atoms with E-state index in [1.807, 2.05) is 0 Å². The maximum atomic E-state index is 14.4. The van der Waals surface area contributed by atoms with Gasteiger partial charge in [0, 0.05) is 41.6 Å². The summed E-state index contributed by atoms with van der Waals surface area (Å²) in [6.07, 6.45) is -2.44. The second-order valence-electron chi connectivity index (χ2n) is 7.95. The minimum Gasteiger partial charge on any atom is -0.493 e. The Morgan fingerprint density at radius 1 is 1.22 bits per heavy atom. The van der Waals surface area contributed by atoms with Gasteiger partial charge in [0.2, 0.25) is 5.82 Å². The Hall–Kier alpha value is -3.01. The molecule has 0 radical (unpaired) electrons. The highest BCUT2D eigenvalue weighted by molar-refractivity contribution is 5.77. The molecule has 1 aliphatic heterocycles. The monoisotopic (exact) mass is 454 g/mol. The van der Waals surface area contributed by atoms with E-state index in [1.54, 1.807) is 6.07 Å². The van der Waals surface area contributed by atoms with E-state index in [-0.39, 0.29) is 11.0 Å². The van der Waals surface area contributed by atoms with Crippen LogP contribution in [0.25, 0.3) is 10.9 Å². The molecule has 0 aliphatic carbocycles. The number of aromatic nitrogens is 2. The van der Waals surface area contributed by atoms with Gasteiger partial charge in [-0.2, -0.15) is 17.6 Å². The molecule has 3 atom stereocenters. The zero-order valence-corrected chi connectivity index (χ0v) is 17.1. The Bertz CT molecular complexity index is 1230. The number of pyridine rings is 2. The maximum absolute atomic E-state index is 14.4. The first kappa shape index (κ1) is 22.2. The summed E-state index contributed by atoms with van der Waals surface area (Å²) in [5.41, 5.74) is -2.07. The lowest BCUT2D eigenvalue weighted by Crippen LogP contribution is -2.51. The number of alkyl halides is 3. The van der Waals surface area contributed by atoms with Crippen molar-refractivity contribution in [2.45, 2.75) is 37.0 Å². The molecule has 3 heterocycles. The third-order valence-electron chi connectivity index (χ3n) is 6.01. The van der Waals surface area contributed by atoms with Crippen molar-refractivity contribution >= 4 is 10.9 Å². The lowest BCUT2D eigenvalue weighted by molar-refractivity contribution is -0.286. The SMILES string of the molecule is COc1c([C@@H]2C[C@](C)(C(F)(F)F)OC[C@H]2c2cc(=O)c3cnccc3[nH]2)ccc(F)c1F. The van der Waals surface area contributed by atoms with Crippen LogP contribution in [0.1, 0.15) is 36.4 Å². The minimum atomic E-state index is -4.70. The first-order chi connectivity index (χ1) is 15.1. The second-order valence-corrected chi connectivity index (χ2v) is 7.95. The van der Waals surface area contributed by atoms with Gasteiger partial charge in [-0.05, 0) is 25.5 Å². The van der Waals surface area contributed by atoms with Crippen molar-refractivity contribution in [2.75, 3.05) is 13.7 Å². The number of nitrogens with zero attached hydrogens (tertiary/aromatic N) is 1. The lowest BCUT2D eigenvalue weighted by Gasteiger charge is -2.44. The second kappa shape index (κ2) is 7.84. The number of ether oxygens (including phenoxy) is 2. The van der Waals surface area contributed by atoms with E-state index in [1.165, 1.54) is 24.5 Å². The molecule has 1 aliphatic rings. The maximum Gasteiger partial charge on any atom is 0.417 e. The Morgan fingerprint density at radius 3 is 2.66 bits per heavy atom. The van der Waals surface area contributed by atoms with E-state index in [9.17, 15) is 26.7 Å². The third kappa shape index (κ3) is 3.62. The summed E-state index contributed by atoms with van der Waals surface area (Å²) in [4.78, 5) is 19.5. The predicted octanol–water partition coefficient (Wildman–Crippen LogP) is 4.82. The van der Waals surface area contributed by atoms with E-state index in [0.29, 0.717) is 16.6 Å². The van der Waals surface area contributed by atoms with E-state index >= 15 is 0 Å². The third-order valence-corrected chi connectivity index (χ3v) is 6.01. The summed E-state index contributed by atoms with van der Waals surface area (Å²) in [6.45, 7) is 0.507. The van der Waals surface area contributed by atoms with Gasteiger partial charge in [-0.3, -0.25) is 9.78 Å². The van der Waals surface area contributed by atoms with Crippen molar-refractivity contribution < 1.29 is 31.4 Å². The number of methoxy groups -OCH3 is 1. The number of rotatable bonds is 3. The van der Waals surface area contributed by atoms with Crippen molar-refractivity contribution in [2.24, 2.45) is 0 Å². The molecule has 0 unspecified atom stereocenters. The molecule has 3 aromatic rings. The fourth-order valence-corrected chi connectivity index (χ4v) is 4.20. The van der Waals surface area contributed by atoms with Gasteiger partial charge in [-0.1, -0.05) is 6.07 Å². The van der Waals surface area contributed by atoms with E-state index < -0.39 is 54.0 Å². The summed E-state index contributed by atoms with van der Waals surface area (Å²) >= 11 is 0. The number of halogens is 5. The van der Waals surface area contributed by atoms with Gasteiger partial charge >= 0.3 is 6.18 Å². The van der Waals surface area contributed by atoms with Crippen molar-refractivity contribution in [1.29, 1.82) is 0 Å². The predicted molar refractivity (Wildman–Crippen MR) is 106 cm³/mol. The molecular weight excluding hydrogens is 435 g/mol. The lowest BCUT2D eigenvalue weighted by atomic mass is 9.74. The van der Waals surface area contributed by atoms with Crippen LogP contribution in [-0.2, 0) is 4.74 Å². The van der Waals surface area contributed by atoms with E-state index in [2.05, 4.69) is 9.97 Å². The van der Waals surface area contributed by atoms with Crippen LogP contribution in [0.5, 0.6) is 5.75 Å². The van der Waals surface area contributed by atoms with Crippen LogP contribution in [0.4, 0.5) is 22.0 Å². The van der Waals surface area contributed by atoms with Gasteiger partial charge in [-0.15, -0.1) is 0 Å². The molecule has 0 saturated carbocycles. The first-order valence-electron chi connectivity index (χ1n) is 9.75. The van der Waals surface area contributed by atoms with Crippen LogP contribution in [-0.4, -0.2) is 35.5 Å². The van der Waals surface area contributed by atoms with Crippen LogP contribution < -0.4 is 10.2 Å². The Kier molecular flexibility index (Phi) is 5.44. The molecule has 170 valence electrons. The standard InChI is InChI=1S/C22H19F5N2O3/c1-21(22(25,26)27)8-12(11-3-4-15(23)19(24)20(11)31-2)14(10-32-21)17-7-18(30)13-9-28-6-5-16(13)29-17/h3-7,9,12,14H,8,10H2,1-2H3,(H,29,30)/t12-,14+,21+/m0/s1. The van der Waals surface area contributed by atoms with Crippen LogP contribution >= 0.6 is 0 Å². The molecule has 0 amide bonds. The Balaban J connectivity index is 1.89. The molecule has 1 aromatic carbocycles. The smallest absolute Gasteiger partial charge is 0.417 e. The fourth-order valence-electron chi connectivity index (χ4n) is 4.20. The number of hydrogen-bond donors (Lipinski definition) is 1. The molecule has 1 fully saturated rings. The Labute approximate surface area is 179 Å². The molecule has 1 saturated heterocycles. The molecule has 0 bridgehead atoms. The van der Waals surface area contributed by atoms with Crippen LogP contribution in [0, 0.1) is 11.6 Å². The van der Waals surface area contributed by atoms with Gasteiger partial charge in [-0.25, -0.2) is 4.39 Å². The topological polar surface area (TPSA) is 64.2 Å². The summed E-state index contributed by atoms with van der Waals surface area (Å²) in [5, 5.41) is 0.315. The van der Waals surface area contributed by atoms with E-state index in [0.717, 1.165) is 20.1 Å². The highest BCUT2D eigenvalue weighted by Gasteiger charge is 2.57. The average molecular weight is 454 g/mol. The number of hydrogen-bond acceptors (Lipinski definition) is 4. The molecule has 4 rings (SSSR count). The number of aromatic amines is 1. The normalized spacial score (nSPS) is 24.0. The number of fused-ring (bicyclic) bond motifs is 1. The molecule has 5 nitrogen and oxygen atoms in total. The van der Waals surface area contributed by atoms with Gasteiger partial charge in [0.05, 0.1) is 24.6 Å². The Morgan fingerprint density at radius 2 is 1.97 bits per heavy atom. The minimum absolute atomic E-state index is 0.0610. The van der Waals surface area contributed by atoms with Crippen LogP contribution in [0.2, 0.25) is 0 Å². The van der Waals surface area contributed by atoms with Gasteiger partial charge in [0.15, 0.2) is 22.6 Å². The summed E-state index contributed by atoms with van der Waals surface area (Å²) in [5.74, 6) is -4.72. The zero-order chi connectivity index (χ0) is 23.3. The number of H-pyrrole nitrogens is 1.